The Morgan fingerprint density at radius 2 is 2.08 bits per heavy atom. The molecule has 5 heteroatoms. The summed E-state index contributed by atoms with van der Waals surface area (Å²) in [7, 11) is 0. The minimum absolute atomic E-state index is 0.00144. The van der Waals surface area contributed by atoms with Gasteiger partial charge in [-0.15, -0.1) is 0 Å². The van der Waals surface area contributed by atoms with Gasteiger partial charge in [0.15, 0.2) is 5.76 Å². The molecule has 1 aliphatic rings. The number of carbonyl (C=O) groups excluding carboxylic acids is 2. The van der Waals surface area contributed by atoms with Crippen LogP contribution in [0.4, 0.5) is 0 Å². The molecule has 5 nitrogen and oxygen atoms in total. The number of rotatable bonds is 2. The second-order valence-corrected chi connectivity index (χ2v) is 2.27. The summed E-state index contributed by atoms with van der Waals surface area (Å²) in [5.74, 6) is -1.95. The number of carbonyl (C=O) groups is 2. The molecule has 2 amide bonds. The third kappa shape index (κ3) is 1.27. The largest absolute Gasteiger partial charge is 0.503 e. The number of aliphatic hydroxyl groups is 1. The Bertz CT molecular complexity index is 311. The zero-order chi connectivity index (χ0) is 9.14. The average Bonchev–Trinajstić information content (AvgIpc) is 2.25. The van der Waals surface area contributed by atoms with Gasteiger partial charge in [-0.05, 0) is 6.42 Å². The quantitative estimate of drug-likeness (QED) is 0.554. The van der Waals surface area contributed by atoms with E-state index < -0.39 is 17.6 Å². The molecule has 62 valence electrons. The van der Waals surface area contributed by atoms with Crippen molar-refractivity contribution in [3.8, 4) is 6.07 Å². The minimum Gasteiger partial charge on any atom is -0.503 e. The van der Waals surface area contributed by atoms with Crippen molar-refractivity contribution in [2.45, 2.75) is 12.8 Å². The first-order chi connectivity index (χ1) is 5.66. The Balaban J connectivity index is 2.80. The predicted molar refractivity (Wildman–Crippen MR) is 37.7 cm³/mol. The zero-order valence-corrected chi connectivity index (χ0v) is 6.13. The monoisotopic (exact) mass is 166 g/mol. The van der Waals surface area contributed by atoms with Crippen LogP contribution >= 0.6 is 0 Å². The predicted octanol–water partition coefficient (Wildman–Crippen LogP) is -0.241. The molecule has 2 N–H and O–H groups in total. The molecule has 0 atom stereocenters. The van der Waals surface area contributed by atoms with Gasteiger partial charge in [0.2, 0.25) is 0 Å². The van der Waals surface area contributed by atoms with E-state index in [2.05, 4.69) is 0 Å². The van der Waals surface area contributed by atoms with Crippen LogP contribution in [0, 0.1) is 11.3 Å². The lowest BCUT2D eigenvalue weighted by Gasteiger charge is -1.92. The second-order valence-electron chi connectivity index (χ2n) is 2.27. The van der Waals surface area contributed by atoms with Gasteiger partial charge in [0.05, 0.1) is 11.6 Å². The van der Waals surface area contributed by atoms with Crippen LogP contribution < -0.4 is 5.32 Å². The molecule has 1 aliphatic heterocycles. The number of imide groups is 1. The molecule has 0 saturated carbocycles. The van der Waals surface area contributed by atoms with E-state index in [9.17, 15) is 9.59 Å². The van der Waals surface area contributed by atoms with Gasteiger partial charge in [0.1, 0.15) is 0 Å². The van der Waals surface area contributed by atoms with Crippen molar-refractivity contribution in [3.63, 3.8) is 0 Å². The smallest absolute Gasteiger partial charge is 0.293 e. The Morgan fingerprint density at radius 1 is 1.42 bits per heavy atom. The van der Waals surface area contributed by atoms with Gasteiger partial charge in [-0.1, -0.05) is 0 Å². The third-order valence-corrected chi connectivity index (χ3v) is 1.49. The van der Waals surface area contributed by atoms with Crippen LogP contribution in [0.25, 0.3) is 0 Å². The number of nitrogens with one attached hydrogen (secondary N) is 1. The molecule has 1 heterocycles. The summed E-state index contributed by atoms with van der Waals surface area (Å²) in [5, 5.41) is 19.1. The van der Waals surface area contributed by atoms with Crippen molar-refractivity contribution in [2.75, 3.05) is 0 Å². The summed E-state index contributed by atoms with van der Waals surface area (Å²) in [6.07, 6.45) is 0.222. The molecule has 0 radical (unpaired) electrons. The first-order valence-corrected chi connectivity index (χ1v) is 3.31. The number of nitrogens with zero attached hydrogens (tertiary/aromatic N) is 1. The summed E-state index contributed by atoms with van der Waals surface area (Å²) in [6.45, 7) is 0. The van der Waals surface area contributed by atoms with Crippen LogP contribution in [-0.2, 0) is 9.59 Å². The maximum atomic E-state index is 10.8. The Labute approximate surface area is 68.3 Å². The molecule has 0 saturated heterocycles. The molecule has 0 spiro atoms. The van der Waals surface area contributed by atoms with Crippen LogP contribution in [0.2, 0.25) is 0 Å². The SMILES string of the molecule is N#CCCC1=C(O)C(=O)NC1=O. The molecule has 0 bridgehead atoms. The van der Waals surface area contributed by atoms with E-state index in [0.29, 0.717) is 0 Å². The molecule has 0 fully saturated rings. The van der Waals surface area contributed by atoms with Gasteiger partial charge < -0.3 is 5.11 Å². The lowest BCUT2D eigenvalue weighted by molar-refractivity contribution is -0.125. The minimum atomic E-state index is -0.784. The standard InChI is InChI=1S/C7H6N2O3/c8-3-1-2-4-5(10)7(12)9-6(4)11/h1-2H2,(H2,9,10,11,12). The Kier molecular flexibility index (Phi) is 2.10. The highest BCUT2D eigenvalue weighted by Crippen LogP contribution is 2.14. The second kappa shape index (κ2) is 3.05. The summed E-state index contributed by atoms with van der Waals surface area (Å²) in [4.78, 5) is 21.5. The van der Waals surface area contributed by atoms with Gasteiger partial charge in [-0.2, -0.15) is 5.26 Å². The fraction of sp³-hybridized carbons (Fsp3) is 0.286. The van der Waals surface area contributed by atoms with E-state index in [1.54, 1.807) is 0 Å². The first kappa shape index (κ1) is 8.27. The third-order valence-electron chi connectivity index (χ3n) is 1.49. The van der Waals surface area contributed by atoms with Crippen LogP contribution in [-0.4, -0.2) is 16.9 Å². The van der Waals surface area contributed by atoms with Crippen molar-refractivity contribution in [1.29, 1.82) is 5.26 Å². The Morgan fingerprint density at radius 3 is 2.50 bits per heavy atom. The number of aliphatic hydroxyl groups excluding tert-OH is 1. The number of nitriles is 1. The van der Waals surface area contributed by atoms with Crippen LogP contribution in [0.3, 0.4) is 0 Å². The highest BCUT2D eigenvalue weighted by Gasteiger charge is 2.28. The number of amides is 2. The average molecular weight is 166 g/mol. The van der Waals surface area contributed by atoms with Crippen molar-refractivity contribution >= 4 is 11.8 Å². The van der Waals surface area contributed by atoms with Crippen LogP contribution in [0.15, 0.2) is 11.3 Å². The fourth-order valence-electron chi connectivity index (χ4n) is 0.895. The molecule has 0 unspecified atom stereocenters. The molecular weight excluding hydrogens is 160 g/mol. The first-order valence-electron chi connectivity index (χ1n) is 3.31. The van der Waals surface area contributed by atoms with E-state index in [-0.39, 0.29) is 18.4 Å². The van der Waals surface area contributed by atoms with Gasteiger partial charge in [0, 0.05) is 6.42 Å². The van der Waals surface area contributed by atoms with E-state index in [1.165, 1.54) is 0 Å². The molecule has 0 aromatic carbocycles. The highest BCUT2D eigenvalue weighted by atomic mass is 16.3. The molecule has 12 heavy (non-hydrogen) atoms. The zero-order valence-electron chi connectivity index (χ0n) is 6.13. The van der Waals surface area contributed by atoms with E-state index in [0.717, 1.165) is 0 Å². The summed E-state index contributed by atoms with van der Waals surface area (Å²) >= 11 is 0. The van der Waals surface area contributed by atoms with Crippen molar-refractivity contribution < 1.29 is 14.7 Å². The fourth-order valence-corrected chi connectivity index (χ4v) is 0.895. The van der Waals surface area contributed by atoms with Crippen LogP contribution in [0.1, 0.15) is 12.8 Å². The normalized spacial score (nSPS) is 16.2. The lowest BCUT2D eigenvalue weighted by atomic mass is 10.1. The maximum Gasteiger partial charge on any atom is 0.293 e. The molecule has 1 rings (SSSR count). The maximum absolute atomic E-state index is 10.8. The Hall–Kier alpha value is -1.83. The van der Waals surface area contributed by atoms with Gasteiger partial charge in [0.25, 0.3) is 11.8 Å². The summed E-state index contributed by atoms with van der Waals surface area (Å²) in [6, 6.07) is 1.81. The topological polar surface area (TPSA) is 90.2 Å². The van der Waals surface area contributed by atoms with Crippen molar-refractivity contribution in [2.24, 2.45) is 0 Å². The van der Waals surface area contributed by atoms with Gasteiger partial charge in [-0.25, -0.2) is 0 Å². The van der Waals surface area contributed by atoms with E-state index in [4.69, 9.17) is 10.4 Å². The van der Waals surface area contributed by atoms with E-state index >= 15 is 0 Å². The lowest BCUT2D eigenvalue weighted by Crippen LogP contribution is -2.23. The van der Waals surface area contributed by atoms with E-state index in [1.807, 2.05) is 11.4 Å². The van der Waals surface area contributed by atoms with Crippen molar-refractivity contribution in [1.82, 2.24) is 5.32 Å². The molecule has 0 aliphatic carbocycles. The number of hydrogen-bond acceptors (Lipinski definition) is 4. The summed E-state index contributed by atoms with van der Waals surface area (Å²) < 4.78 is 0. The highest BCUT2D eigenvalue weighted by molar-refractivity contribution is 6.18. The molecular formula is C7H6N2O3. The van der Waals surface area contributed by atoms with Gasteiger partial charge in [-0.3, -0.25) is 14.9 Å². The molecule has 0 aromatic rings. The van der Waals surface area contributed by atoms with Crippen LogP contribution in [0.5, 0.6) is 0 Å². The van der Waals surface area contributed by atoms with Gasteiger partial charge >= 0.3 is 0 Å². The summed E-state index contributed by atoms with van der Waals surface area (Å²) in [5.41, 5.74) is 0.00144. The molecule has 0 aromatic heterocycles. The number of hydrogen-bond donors (Lipinski definition) is 2. The van der Waals surface area contributed by atoms with Crippen molar-refractivity contribution in [3.05, 3.63) is 11.3 Å².